The van der Waals surface area contributed by atoms with E-state index in [4.69, 9.17) is 19.3 Å². The SMILES string of the molecule is COc1ccc(OCCOC(C)C(=O)O)cc1. The van der Waals surface area contributed by atoms with Gasteiger partial charge in [0.2, 0.25) is 0 Å². The quantitative estimate of drug-likeness (QED) is 0.733. The van der Waals surface area contributed by atoms with E-state index in [2.05, 4.69) is 0 Å². The highest BCUT2D eigenvalue weighted by atomic mass is 16.5. The molecule has 5 nitrogen and oxygen atoms in total. The number of carboxylic acids is 1. The molecule has 0 amide bonds. The third kappa shape index (κ3) is 4.74. The Morgan fingerprint density at radius 1 is 1.24 bits per heavy atom. The largest absolute Gasteiger partial charge is 0.497 e. The smallest absolute Gasteiger partial charge is 0.332 e. The van der Waals surface area contributed by atoms with E-state index in [1.165, 1.54) is 6.92 Å². The summed E-state index contributed by atoms with van der Waals surface area (Å²) in [7, 11) is 1.59. The first kappa shape index (κ1) is 13.3. The minimum atomic E-state index is -0.977. The average Bonchev–Trinajstić information content (AvgIpc) is 2.35. The molecule has 0 saturated heterocycles. The molecule has 0 spiro atoms. The monoisotopic (exact) mass is 240 g/mol. The molecule has 1 N–H and O–H groups in total. The zero-order valence-corrected chi connectivity index (χ0v) is 9.88. The number of hydrogen-bond acceptors (Lipinski definition) is 4. The third-order valence-corrected chi connectivity index (χ3v) is 2.13. The van der Waals surface area contributed by atoms with Gasteiger partial charge >= 0.3 is 5.97 Å². The maximum atomic E-state index is 10.5. The maximum Gasteiger partial charge on any atom is 0.332 e. The Balaban J connectivity index is 2.24. The van der Waals surface area contributed by atoms with Gasteiger partial charge in [-0.3, -0.25) is 0 Å². The lowest BCUT2D eigenvalue weighted by Crippen LogP contribution is -2.22. The second-order valence-corrected chi connectivity index (χ2v) is 3.38. The molecule has 0 aliphatic carbocycles. The zero-order chi connectivity index (χ0) is 12.7. The number of carboxylic acid groups (broad SMARTS) is 1. The normalized spacial score (nSPS) is 11.9. The number of aliphatic carboxylic acids is 1. The standard InChI is InChI=1S/C12H16O5/c1-9(12(13)14)16-7-8-17-11-5-3-10(15-2)4-6-11/h3-6,9H,7-8H2,1-2H3,(H,13,14). The highest BCUT2D eigenvalue weighted by Crippen LogP contribution is 2.16. The van der Waals surface area contributed by atoms with Crippen LogP contribution in [0.4, 0.5) is 0 Å². The molecule has 1 atom stereocenters. The number of carbonyl (C=O) groups is 1. The van der Waals surface area contributed by atoms with Gasteiger partial charge in [0, 0.05) is 0 Å². The van der Waals surface area contributed by atoms with Crippen LogP contribution in [-0.4, -0.2) is 37.5 Å². The Labute approximate surface area is 99.9 Å². The molecule has 0 fully saturated rings. The van der Waals surface area contributed by atoms with Crippen molar-refractivity contribution >= 4 is 5.97 Å². The van der Waals surface area contributed by atoms with Gasteiger partial charge in [-0.2, -0.15) is 0 Å². The van der Waals surface area contributed by atoms with Crippen LogP contribution in [-0.2, 0) is 9.53 Å². The Bertz CT molecular complexity index is 346. The molecule has 0 saturated carbocycles. The fourth-order valence-electron chi connectivity index (χ4n) is 1.13. The number of benzene rings is 1. The molecule has 17 heavy (non-hydrogen) atoms. The molecular formula is C12H16O5. The summed E-state index contributed by atoms with van der Waals surface area (Å²) in [6, 6.07) is 7.13. The van der Waals surface area contributed by atoms with Crippen LogP contribution in [0.3, 0.4) is 0 Å². The van der Waals surface area contributed by atoms with Gasteiger partial charge in [0.15, 0.2) is 6.10 Å². The van der Waals surface area contributed by atoms with Gasteiger partial charge in [-0.15, -0.1) is 0 Å². The van der Waals surface area contributed by atoms with Crippen molar-refractivity contribution in [2.75, 3.05) is 20.3 Å². The summed E-state index contributed by atoms with van der Waals surface area (Å²) in [5.41, 5.74) is 0. The molecule has 1 unspecified atom stereocenters. The first-order valence-corrected chi connectivity index (χ1v) is 5.24. The number of hydrogen-bond donors (Lipinski definition) is 1. The van der Waals surface area contributed by atoms with Gasteiger partial charge in [-0.05, 0) is 31.2 Å². The van der Waals surface area contributed by atoms with Gasteiger partial charge in [0.05, 0.1) is 13.7 Å². The van der Waals surface area contributed by atoms with Crippen LogP contribution in [0, 0.1) is 0 Å². The van der Waals surface area contributed by atoms with Crippen molar-refractivity contribution < 1.29 is 24.1 Å². The lowest BCUT2D eigenvalue weighted by Gasteiger charge is -2.10. The van der Waals surface area contributed by atoms with E-state index in [0.717, 1.165) is 5.75 Å². The van der Waals surface area contributed by atoms with Gasteiger partial charge in [0.1, 0.15) is 18.1 Å². The van der Waals surface area contributed by atoms with Crippen LogP contribution in [0.5, 0.6) is 11.5 Å². The second-order valence-electron chi connectivity index (χ2n) is 3.38. The lowest BCUT2D eigenvalue weighted by molar-refractivity contribution is -0.149. The van der Waals surface area contributed by atoms with E-state index >= 15 is 0 Å². The van der Waals surface area contributed by atoms with Crippen molar-refractivity contribution in [1.29, 1.82) is 0 Å². The summed E-state index contributed by atoms with van der Waals surface area (Å²) in [5, 5.41) is 8.58. The van der Waals surface area contributed by atoms with Crippen molar-refractivity contribution in [2.45, 2.75) is 13.0 Å². The van der Waals surface area contributed by atoms with E-state index < -0.39 is 12.1 Å². The first-order valence-electron chi connectivity index (χ1n) is 5.24. The Hall–Kier alpha value is -1.75. The van der Waals surface area contributed by atoms with Gasteiger partial charge < -0.3 is 19.3 Å². The third-order valence-electron chi connectivity index (χ3n) is 2.13. The molecule has 0 aliphatic rings. The molecule has 0 bridgehead atoms. The van der Waals surface area contributed by atoms with Crippen LogP contribution in [0.15, 0.2) is 24.3 Å². The molecule has 0 aliphatic heterocycles. The fraction of sp³-hybridized carbons (Fsp3) is 0.417. The lowest BCUT2D eigenvalue weighted by atomic mass is 10.3. The minimum Gasteiger partial charge on any atom is -0.497 e. The van der Waals surface area contributed by atoms with Crippen molar-refractivity contribution in [1.82, 2.24) is 0 Å². The van der Waals surface area contributed by atoms with E-state index in [1.54, 1.807) is 31.4 Å². The van der Waals surface area contributed by atoms with Gasteiger partial charge in [-0.25, -0.2) is 4.79 Å². The average molecular weight is 240 g/mol. The van der Waals surface area contributed by atoms with E-state index in [9.17, 15) is 4.79 Å². The van der Waals surface area contributed by atoms with E-state index in [-0.39, 0.29) is 6.61 Å². The Morgan fingerprint density at radius 3 is 2.35 bits per heavy atom. The molecule has 0 heterocycles. The fourth-order valence-corrected chi connectivity index (χ4v) is 1.13. The van der Waals surface area contributed by atoms with Crippen LogP contribution in [0.2, 0.25) is 0 Å². The molecule has 1 aromatic carbocycles. The Kier molecular flexibility index (Phi) is 5.29. The van der Waals surface area contributed by atoms with Crippen LogP contribution >= 0.6 is 0 Å². The molecule has 1 rings (SSSR count). The molecule has 5 heteroatoms. The molecule has 0 radical (unpaired) electrons. The first-order chi connectivity index (χ1) is 8.13. The highest BCUT2D eigenvalue weighted by Gasteiger charge is 2.10. The number of methoxy groups -OCH3 is 1. The zero-order valence-electron chi connectivity index (χ0n) is 9.88. The van der Waals surface area contributed by atoms with Crippen molar-refractivity contribution in [2.24, 2.45) is 0 Å². The summed E-state index contributed by atoms with van der Waals surface area (Å²) in [5.74, 6) is 0.472. The van der Waals surface area contributed by atoms with Crippen LogP contribution in [0.25, 0.3) is 0 Å². The summed E-state index contributed by atoms with van der Waals surface area (Å²) in [4.78, 5) is 10.5. The van der Waals surface area contributed by atoms with Crippen molar-refractivity contribution in [3.05, 3.63) is 24.3 Å². The second kappa shape index (κ2) is 6.75. The van der Waals surface area contributed by atoms with Crippen LogP contribution in [0.1, 0.15) is 6.92 Å². The molecular weight excluding hydrogens is 224 g/mol. The summed E-state index contributed by atoms with van der Waals surface area (Å²) in [6.07, 6.45) is -0.811. The van der Waals surface area contributed by atoms with Crippen molar-refractivity contribution in [3.63, 3.8) is 0 Å². The highest BCUT2D eigenvalue weighted by molar-refractivity contribution is 5.71. The molecule has 0 aromatic heterocycles. The van der Waals surface area contributed by atoms with Crippen molar-refractivity contribution in [3.8, 4) is 11.5 Å². The number of rotatable bonds is 7. The topological polar surface area (TPSA) is 65.0 Å². The van der Waals surface area contributed by atoms with Crippen LogP contribution < -0.4 is 9.47 Å². The van der Waals surface area contributed by atoms with E-state index in [0.29, 0.717) is 12.4 Å². The summed E-state index contributed by atoms with van der Waals surface area (Å²) >= 11 is 0. The number of ether oxygens (including phenoxy) is 3. The maximum absolute atomic E-state index is 10.5. The predicted molar refractivity (Wildman–Crippen MR) is 61.5 cm³/mol. The van der Waals surface area contributed by atoms with Gasteiger partial charge in [0.25, 0.3) is 0 Å². The van der Waals surface area contributed by atoms with E-state index in [1.807, 2.05) is 0 Å². The molecule has 1 aromatic rings. The van der Waals surface area contributed by atoms with Gasteiger partial charge in [-0.1, -0.05) is 0 Å². The molecule has 94 valence electrons. The Morgan fingerprint density at radius 2 is 1.82 bits per heavy atom. The predicted octanol–water partition coefficient (Wildman–Crippen LogP) is 1.56. The minimum absolute atomic E-state index is 0.236. The summed E-state index contributed by atoms with van der Waals surface area (Å²) in [6.45, 7) is 2.03. The summed E-state index contributed by atoms with van der Waals surface area (Å²) < 4.78 is 15.4.